The summed E-state index contributed by atoms with van der Waals surface area (Å²) in [5.74, 6) is -0.153. The summed E-state index contributed by atoms with van der Waals surface area (Å²) in [6.07, 6.45) is 7.22. The van der Waals surface area contributed by atoms with Crippen LogP contribution in [0.2, 0.25) is 0 Å². The third-order valence-corrected chi connectivity index (χ3v) is 2.96. The molecule has 0 spiro atoms. The molecule has 0 saturated heterocycles. The second-order valence-electron chi connectivity index (χ2n) is 4.54. The first kappa shape index (κ1) is 14.6. The summed E-state index contributed by atoms with van der Waals surface area (Å²) in [6.45, 7) is 2.88. The number of nitrogens with one attached hydrogen (secondary N) is 1. The van der Waals surface area contributed by atoms with Crippen LogP contribution in [0.3, 0.4) is 0 Å². The Balaban J connectivity index is 2.16. The van der Waals surface area contributed by atoms with E-state index in [2.05, 4.69) is 12.2 Å². The molecular formula is C15H23NO2. The number of aromatic hydroxyl groups is 1. The van der Waals surface area contributed by atoms with Crippen molar-refractivity contribution in [2.75, 3.05) is 6.54 Å². The zero-order chi connectivity index (χ0) is 13.2. The van der Waals surface area contributed by atoms with Gasteiger partial charge in [-0.15, -0.1) is 0 Å². The molecule has 0 unspecified atom stereocenters. The van der Waals surface area contributed by atoms with Crippen LogP contribution in [0.4, 0.5) is 0 Å². The molecule has 100 valence electrons. The standard InChI is InChI=1S/C15H23NO2/c1-2-3-4-5-6-9-12-16-15(18)13-10-7-8-11-14(13)17/h7-8,10-11,17H,2-6,9,12H2,1H3,(H,16,18). The first-order chi connectivity index (χ1) is 8.75. The van der Waals surface area contributed by atoms with E-state index in [1.807, 2.05) is 0 Å². The van der Waals surface area contributed by atoms with Crippen molar-refractivity contribution >= 4 is 5.91 Å². The highest BCUT2D eigenvalue weighted by Gasteiger charge is 2.08. The van der Waals surface area contributed by atoms with Crippen molar-refractivity contribution in [1.82, 2.24) is 5.32 Å². The molecule has 0 aliphatic heterocycles. The lowest BCUT2D eigenvalue weighted by Crippen LogP contribution is -2.24. The van der Waals surface area contributed by atoms with Gasteiger partial charge in [0.15, 0.2) is 0 Å². The van der Waals surface area contributed by atoms with Crippen LogP contribution in [0.5, 0.6) is 5.75 Å². The van der Waals surface area contributed by atoms with E-state index in [1.165, 1.54) is 31.7 Å². The Morgan fingerprint density at radius 2 is 1.78 bits per heavy atom. The third-order valence-electron chi connectivity index (χ3n) is 2.96. The third kappa shape index (κ3) is 5.21. The Morgan fingerprint density at radius 3 is 2.50 bits per heavy atom. The van der Waals surface area contributed by atoms with Gasteiger partial charge in [-0.05, 0) is 18.6 Å². The van der Waals surface area contributed by atoms with Gasteiger partial charge in [0, 0.05) is 6.54 Å². The van der Waals surface area contributed by atoms with Crippen molar-refractivity contribution in [3.8, 4) is 5.75 Å². The van der Waals surface area contributed by atoms with E-state index in [-0.39, 0.29) is 11.7 Å². The van der Waals surface area contributed by atoms with Crippen LogP contribution < -0.4 is 5.32 Å². The first-order valence-electron chi connectivity index (χ1n) is 6.82. The number of hydrogen-bond donors (Lipinski definition) is 2. The van der Waals surface area contributed by atoms with Crippen molar-refractivity contribution in [1.29, 1.82) is 0 Å². The zero-order valence-electron chi connectivity index (χ0n) is 11.1. The number of phenolic OH excluding ortho intramolecular Hbond substituents is 1. The average molecular weight is 249 g/mol. The van der Waals surface area contributed by atoms with Gasteiger partial charge in [0.25, 0.3) is 5.91 Å². The number of benzene rings is 1. The van der Waals surface area contributed by atoms with E-state index in [4.69, 9.17) is 0 Å². The molecule has 0 fully saturated rings. The lowest BCUT2D eigenvalue weighted by Gasteiger charge is -2.06. The van der Waals surface area contributed by atoms with Crippen LogP contribution >= 0.6 is 0 Å². The second kappa shape index (κ2) is 8.56. The quantitative estimate of drug-likeness (QED) is 0.693. The van der Waals surface area contributed by atoms with Crippen molar-refractivity contribution in [3.05, 3.63) is 29.8 Å². The fourth-order valence-electron chi connectivity index (χ4n) is 1.87. The normalized spacial score (nSPS) is 10.3. The first-order valence-corrected chi connectivity index (χ1v) is 6.82. The summed E-state index contributed by atoms with van der Waals surface area (Å²) in [5.41, 5.74) is 0.350. The summed E-state index contributed by atoms with van der Waals surface area (Å²) < 4.78 is 0. The van der Waals surface area contributed by atoms with Gasteiger partial charge in [-0.3, -0.25) is 4.79 Å². The number of para-hydroxylation sites is 1. The van der Waals surface area contributed by atoms with E-state index in [9.17, 15) is 9.90 Å². The average Bonchev–Trinajstić information content (AvgIpc) is 2.38. The Kier molecular flexibility index (Phi) is 6.92. The van der Waals surface area contributed by atoms with Crippen LogP contribution in [0.15, 0.2) is 24.3 Å². The topological polar surface area (TPSA) is 49.3 Å². The molecule has 0 aliphatic rings. The smallest absolute Gasteiger partial charge is 0.255 e. The van der Waals surface area contributed by atoms with Gasteiger partial charge < -0.3 is 10.4 Å². The van der Waals surface area contributed by atoms with Crippen LogP contribution in [0.1, 0.15) is 55.8 Å². The maximum atomic E-state index is 11.7. The minimum Gasteiger partial charge on any atom is -0.507 e. The molecular weight excluding hydrogens is 226 g/mol. The molecule has 0 heterocycles. The van der Waals surface area contributed by atoms with E-state index in [1.54, 1.807) is 18.2 Å². The Bertz CT molecular complexity index is 363. The van der Waals surface area contributed by atoms with Crippen LogP contribution in [0.25, 0.3) is 0 Å². The molecule has 2 N–H and O–H groups in total. The molecule has 0 aromatic heterocycles. The summed E-state index contributed by atoms with van der Waals surface area (Å²) in [6, 6.07) is 6.62. The number of rotatable bonds is 8. The largest absolute Gasteiger partial charge is 0.507 e. The van der Waals surface area contributed by atoms with E-state index in [0.29, 0.717) is 12.1 Å². The minimum absolute atomic E-state index is 0.0398. The molecule has 0 aliphatic carbocycles. The molecule has 3 heteroatoms. The molecule has 18 heavy (non-hydrogen) atoms. The summed E-state index contributed by atoms with van der Waals surface area (Å²) >= 11 is 0. The minimum atomic E-state index is -0.193. The lowest BCUT2D eigenvalue weighted by atomic mass is 10.1. The molecule has 0 atom stereocenters. The number of phenols is 1. The molecule has 1 amide bonds. The highest BCUT2D eigenvalue weighted by Crippen LogP contribution is 2.15. The van der Waals surface area contributed by atoms with Crippen LogP contribution in [-0.2, 0) is 0 Å². The fourth-order valence-corrected chi connectivity index (χ4v) is 1.87. The SMILES string of the molecule is CCCCCCCCNC(=O)c1ccccc1O. The van der Waals surface area contributed by atoms with Gasteiger partial charge in [0.05, 0.1) is 5.56 Å². The molecule has 0 bridgehead atoms. The molecule has 1 aromatic rings. The Labute approximate surface area is 109 Å². The van der Waals surface area contributed by atoms with Gasteiger partial charge in [-0.1, -0.05) is 51.2 Å². The van der Waals surface area contributed by atoms with E-state index < -0.39 is 0 Å². The zero-order valence-corrected chi connectivity index (χ0v) is 11.1. The van der Waals surface area contributed by atoms with Crippen molar-refractivity contribution in [2.24, 2.45) is 0 Å². The maximum absolute atomic E-state index is 11.7. The van der Waals surface area contributed by atoms with Gasteiger partial charge in [0.1, 0.15) is 5.75 Å². The predicted molar refractivity (Wildman–Crippen MR) is 73.8 cm³/mol. The molecule has 1 aromatic carbocycles. The summed E-state index contributed by atoms with van der Waals surface area (Å²) in [7, 11) is 0. The Hall–Kier alpha value is -1.51. The van der Waals surface area contributed by atoms with Gasteiger partial charge in [-0.2, -0.15) is 0 Å². The number of hydrogen-bond acceptors (Lipinski definition) is 2. The van der Waals surface area contributed by atoms with Gasteiger partial charge in [0.2, 0.25) is 0 Å². The lowest BCUT2D eigenvalue weighted by molar-refractivity contribution is 0.0950. The highest BCUT2D eigenvalue weighted by atomic mass is 16.3. The fraction of sp³-hybridized carbons (Fsp3) is 0.533. The van der Waals surface area contributed by atoms with Crippen LogP contribution in [-0.4, -0.2) is 17.6 Å². The van der Waals surface area contributed by atoms with Crippen molar-refractivity contribution in [2.45, 2.75) is 45.4 Å². The Morgan fingerprint density at radius 1 is 1.11 bits per heavy atom. The van der Waals surface area contributed by atoms with E-state index in [0.717, 1.165) is 12.8 Å². The molecule has 1 rings (SSSR count). The maximum Gasteiger partial charge on any atom is 0.255 e. The summed E-state index contributed by atoms with van der Waals surface area (Å²) in [4.78, 5) is 11.7. The number of unbranched alkanes of at least 4 members (excludes halogenated alkanes) is 5. The molecule has 3 nitrogen and oxygen atoms in total. The predicted octanol–water partition coefficient (Wildman–Crippen LogP) is 3.48. The number of amides is 1. The highest BCUT2D eigenvalue weighted by molar-refractivity contribution is 5.96. The van der Waals surface area contributed by atoms with E-state index >= 15 is 0 Å². The van der Waals surface area contributed by atoms with Gasteiger partial charge in [-0.25, -0.2) is 0 Å². The van der Waals surface area contributed by atoms with Crippen molar-refractivity contribution in [3.63, 3.8) is 0 Å². The number of carbonyl (C=O) groups excluding carboxylic acids is 1. The van der Waals surface area contributed by atoms with Crippen molar-refractivity contribution < 1.29 is 9.90 Å². The number of carbonyl (C=O) groups is 1. The second-order valence-corrected chi connectivity index (χ2v) is 4.54. The summed E-state index contributed by atoms with van der Waals surface area (Å²) in [5, 5.41) is 12.4. The van der Waals surface area contributed by atoms with Gasteiger partial charge >= 0.3 is 0 Å². The molecule has 0 saturated carbocycles. The van der Waals surface area contributed by atoms with Crippen LogP contribution in [0, 0.1) is 0 Å². The monoisotopic (exact) mass is 249 g/mol. The molecule has 0 radical (unpaired) electrons.